The number of unbranched alkanes of at least 4 members (excludes halogenated alkanes) is 1. The van der Waals surface area contributed by atoms with Gasteiger partial charge in [0.1, 0.15) is 0 Å². The van der Waals surface area contributed by atoms with Gasteiger partial charge in [0.15, 0.2) is 0 Å². The second kappa shape index (κ2) is 11.6. The number of carbonyl (C=O) groups is 2. The molecule has 0 spiro atoms. The van der Waals surface area contributed by atoms with Crippen LogP contribution < -0.4 is 0 Å². The normalized spacial score (nSPS) is 14.8. The maximum atomic E-state index is 11.2. The van der Waals surface area contributed by atoms with Crippen molar-refractivity contribution in [1.82, 2.24) is 0 Å². The molecular formula is C17H32O4. The summed E-state index contributed by atoms with van der Waals surface area (Å²) in [6.07, 6.45) is 10.5. The van der Waals surface area contributed by atoms with Gasteiger partial charge in [-0.25, -0.2) is 0 Å². The van der Waals surface area contributed by atoms with Gasteiger partial charge in [-0.15, -0.1) is 0 Å². The summed E-state index contributed by atoms with van der Waals surface area (Å²) in [6, 6.07) is 0. The Kier molecular flexibility index (Phi) is 11.0. The molecule has 0 aromatic carbocycles. The van der Waals surface area contributed by atoms with E-state index in [0.717, 1.165) is 0 Å². The number of hydrogen-bond donors (Lipinski definition) is 1. The lowest BCUT2D eigenvalue weighted by Gasteiger charge is -2.17. The third kappa shape index (κ3) is 16.9. The zero-order valence-corrected chi connectivity index (χ0v) is 14.0. The molecule has 4 nitrogen and oxygen atoms in total. The number of ether oxygens (including phenoxy) is 1. The molecule has 0 amide bonds. The van der Waals surface area contributed by atoms with Crippen LogP contribution in [-0.2, 0) is 14.3 Å². The van der Waals surface area contributed by atoms with Crippen LogP contribution >= 0.6 is 0 Å². The van der Waals surface area contributed by atoms with E-state index in [9.17, 15) is 9.59 Å². The van der Waals surface area contributed by atoms with Gasteiger partial charge in [0.25, 0.3) is 0 Å². The highest BCUT2D eigenvalue weighted by Crippen LogP contribution is 2.15. The van der Waals surface area contributed by atoms with Crippen LogP contribution in [-0.4, -0.2) is 23.7 Å². The van der Waals surface area contributed by atoms with Crippen LogP contribution in [0.25, 0.3) is 0 Å². The van der Waals surface area contributed by atoms with E-state index in [1.807, 2.05) is 20.8 Å². The molecule has 1 rings (SSSR count). The average Bonchev–Trinajstić information content (AvgIpc) is 2.43. The molecule has 1 aliphatic rings. The molecule has 0 aromatic rings. The zero-order chi connectivity index (χ0) is 16.1. The lowest BCUT2D eigenvalue weighted by molar-refractivity contribution is -0.147. The predicted molar refractivity (Wildman–Crippen MR) is 84.2 cm³/mol. The van der Waals surface area contributed by atoms with Gasteiger partial charge in [0.05, 0.1) is 6.61 Å². The van der Waals surface area contributed by atoms with E-state index in [1.165, 1.54) is 38.5 Å². The number of esters is 1. The fraction of sp³-hybridized carbons (Fsp3) is 0.882. The van der Waals surface area contributed by atoms with Crippen molar-refractivity contribution in [2.75, 3.05) is 6.61 Å². The fourth-order valence-corrected chi connectivity index (χ4v) is 1.98. The molecule has 0 saturated heterocycles. The predicted octanol–water partition coefficient (Wildman–Crippen LogP) is 4.56. The third-order valence-corrected chi connectivity index (χ3v) is 3.19. The first-order valence-corrected chi connectivity index (χ1v) is 8.19. The minimum Gasteiger partial charge on any atom is -0.481 e. The quantitative estimate of drug-likeness (QED) is 0.577. The van der Waals surface area contributed by atoms with Gasteiger partial charge >= 0.3 is 11.9 Å². The molecule has 1 fully saturated rings. The highest BCUT2D eigenvalue weighted by molar-refractivity contribution is 5.69. The van der Waals surface area contributed by atoms with Crippen LogP contribution in [0.2, 0.25) is 0 Å². The Labute approximate surface area is 129 Å². The summed E-state index contributed by atoms with van der Waals surface area (Å²) in [5.41, 5.74) is -0.0171. The van der Waals surface area contributed by atoms with E-state index in [4.69, 9.17) is 9.84 Å². The molecule has 0 heterocycles. The number of aliphatic carboxylic acids is 1. The first kappa shape index (κ1) is 19.9. The number of hydrogen-bond acceptors (Lipinski definition) is 3. The fourth-order valence-electron chi connectivity index (χ4n) is 1.98. The zero-order valence-electron chi connectivity index (χ0n) is 14.0. The Morgan fingerprint density at radius 1 is 0.905 bits per heavy atom. The van der Waals surface area contributed by atoms with Crippen LogP contribution in [0, 0.1) is 5.41 Å². The lowest BCUT2D eigenvalue weighted by Crippen LogP contribution is -2.18. The highest BCUT2D eigenvalue weighted by Gasteiger charge is 2.13. The Bertz CT molecular complexity index is 276. The topological polar surface area (TPSA) is 63.6 Å². The van der Waals surface area contributed by atoms with Gasteiger partial charge in [-0.3, -0.25) is 9.59 Å². The summed E-state index contributed by atoms with van der Waals surface area (Å²) in [4.78, 5) is 21.3. The third-order valence-electron chi connectivity index (χ3n) is 3.19. The smallest absolute Gasteiger partial charge is 0.305 e. The van der Waals surface area contributed by atoms with Crippen molar-refractivity contribution in [2.24, 2.45) is 5.41 Å². The van der Waals surface area contributed by atoms with Gasteiger partial charge in [-0.05, 0) is 18.3 Å². The Morgan fingerprint density at radius 3 is 1.71 bits per heavy atom. The average molecular weight is 300 g/mol. The molecule has 0 radical (unpaired) electrons. The number of carboxylic acids is 1. The summed E-state index contributed by atoms with van der Waals surface area (Å²) in [5, 5.41) is 8.37. The van der Waals surface area contributed by atoms with Crippen molar-refractivity contribution in [3.05, 3.63) is 0 Å². The van der Waals surface area contributed by atoms with E-state index in [0.29, 0.717) is 25.9 Å². The van der Waals surface area contributed by atoms with E-state index in [1.54, 1.807) is 0 Å². The van der Waals surface area contributed by atoms with Crippen LogP contribution in [0.5, 0.6) is 0 Å². The molecule has 0 unspecified atom stereocenters. The minimum atomic E-state index is -0.821. The first-order chi connectivity index (χ1) is 9.81. The highest BCUT2D eigenvalue weighted by atomic mass is 16.5. The molecule has 0 bridgehead atoms. The van der Waals surface area contributed by atoms with E-state index in [2.05, 4.69) is 0 Å². The van der Waals surface area contributed by atoms with Gasteiger partial charge in [0, 0.05) is 12.8 Å². The summed E-state index contributed by atoms with van der Waals surface area (Å²) in [6.45, 7) is 6.38. The summed E-state index contributed by atoms with van der Waals surface area (Å²) in [7, 11) is 0. The molecule has 4 heteroatoms. The Hall–Kier alpha value is -1.06. The van der Waals surface area contributed by atoms with E-state index in [-0.39, 0.29) is 17.8 Å². The second-order valence-electron chi connectivity index (χ2n) is 6.94. The maximum absolute atomic E-state index is 11.2. The molecular weight excluding hydrogens is 268 g/mol. The lowest BCUT2D eigenvalue weighted by atomic mass is 9.99. The summed E-state index contributed by atoms with van der Waals surface area (Å²) >= 11 is 0. The van der Waals surface area contributed by atoms with Crippen LogP contribution in [0.4, 0.5) is 0 Å². The second-order valence-corrected chi connectivity index (χ2v) is 6.94. The van der Waals surface area contributed by atoms with Crippen LogP contribution in [0.1, 0.15) is 85.0 Å². The number of rotatable bonds is 6. The van der Waals surface area contributed by atoms with Crippen LogP contribution in [0.3, 0.4) is 0 Å². The van der Waals surface area contributed by atoms with Crippen molar-refractivity contribution in [2.45, 2.75) is 85.0 Å². The van der Waals surface area contributed by atoms with Crippen LogP contribution in [0.15, 0.2) is 0 Å². The van der Waals surface area contributed by atoms with E-state index < -0.39 is 5.97 Å². The number of carbonyl (C=O) groups excluding carboxylic acids is 1. The molecule has 0 aliphatic heterocycles. The SMILES string of the molecule is C1CCCCC1.CC(C)(C)COC(=O)CCCCC(=O)O. The standard InChI is InChI=1S/C11H20O4.C6H12/c1-11(2,3)8-15-10(14)7-5-4-6-9(12)13;1-2-4-6-5-3-1/h4-8H2,1-3H3,(H,12,13);1-6H2. The number of carboxylic acid groups (broad SMARTS) is 1. The molecule has 0 atom stereocenters. The van der Waals surface area contributed by atoms with Crippen molar-refractivity contribution >= 4 is 11.9 Å². The Morgan fingerprint density at radius 2 is 1.33 bits per heavy atom. The summed E-state index contributed by atoms with van der Waals surface area (Å²) in [5.74, 6) is -1.06. The molecule has 1 N–H and O–H groups in total. The maximum Gasteiger partial charge on any atom is 0.305 e. The first-order valence-electron chi connectivity index (χ1n) is 8.19. The van der Waals surface area contributed by atoms with Crippen molar-refractivity contribution < 1.29 is 19.4 Å². The molecule has 1 aliphatic carbocycles. The van der Waals surface area contributed by atoms with Gasteiger partial charge in [-0.2, -0.15) is 0 Å². The monoisotopic (exact) mass is 300 g/mol. The molecule has 0 aromatic heterocycles. The largest absolute Gasteiger partial charge is 0.481 e. The molecule has 1 saturated carbocycles. The van der Waals surface area contributed by atoms with Gasteiger partial charge in [-0.1, -0.05) is 59.3 Å². The van der Waals surface area contributed by atoms with Gasteiger partial charge in [0.2, 0.25) is 0 Å². The molecule has 124 valence electrons. The molecule has 21 heavy (non-hydrogen) atoms. The van der Waals surface area contributed by atoms with Crippen molar-refractivity contribution in [3.63, 3.8) is 0 Å². The summed E-state index contributed by atoms with van der Waals surface area (Å²) < 4.78 is 5.03. The minimum absolute atomic E-state index is 0.0171. The van der Waals surface area contributed by atoms with Crippen molar-refractivity contribution in [3.8, 4) is 0 Å². The Balaban J connectivity index is 0.000000547. The van der Waals surface area contributed by atoms with Crippen molar-refractivity contribution in [1.29, 1.82) is 0 Å². The van der Waals surface area contributed by atoms with E-state index >= 15 is 0 Å². The van der Waals surface area contributed by atoms with Gasteiger partial charge < -0.3 is 9.84 Å².